The second kappa shape index (κ2) is 13.1. The molecule has 3 aliphatic rings. The summed E-state index contributed by atoms with van der Waals surface area (Å²) in [7, 11) is 0. The lowest BCUT2D eigenvalue weighted by Crippen LogP contribution is -2.37. The summed E-state index contributed by atoms with van der Waals surface area (Å²) >= 11 is 0. The molecule has 0 fully saturated rings. The number of hydrogen-bond acceptors (Lipinski definition) is 8. The van der Waals surface area contributed by atoms with Gasteiger partial charge in [0.05, 0.1) is 30.0 Å². The van der Waals surface area contributed by atoms with Crippen LogP contribution in [0, 0.1) is 5.92 Å². The van der Waals surface area contributed by atoms with Gasteiger partial charge in [0.25, 0.3) is 0 Å². The van der Waals surface area contributed by atoms with E-state index in [4.69, 9.17) is 15.2 Å². The number of hydrogen-bond donors (Lipinski definition) is 6. The third-order valence-corrected chi connectivity index (χ3v) is 9.40. The molecule has 2 aliphatic heterocycles. The number of aliphatic imine (C=N–C) groups is 1. The van der Waals surface area contributed by atoms with Gasteiger partial charge in [0, 0.05) is 60.3 Å². The second-order valence-corrected chi connectivity index (χ2v) is 13.5. The number of carbonyl (C=O) groups is 5. The lowest BCUT2D eigenvalue weighted by molar-refractivity contribution is -0.139. The molecule has 0 radical (unpaired) electrons. The molecule has 12 heteroatoms. The maximum atomic E-state index is 13.4. The van der Waals surface area contributed by atoms with E-state index in [1.54, 1.807) is 6.08 Å². The van der Waals surface area contributed by atoms with Crippen LogP contribution in [0.4, 0.5) is 11.4 Å². The molecule has 1 aliphatic carbocycles. The van der Waals surface area contributed by atoms with Gasteiger partial charge in [-0.3, -0.25) is 29.0 Å². The molecule has 2 heterocycles. The van der Waals surface area contributed by atoms with Crippen molar-refractivity contribution in [1.29, 1.82) is 0 Å². The number of nitrogens with zero attached hydrogens (tertiary/aromatic N) is 1. The van der Waals surface area contributed by atoms with E-state index < -0.39 is 28.7 Å². The molecule has 1 atom stereocenters. The lowest BCUT2D eigenvalue weighted by atomic mass is 9.72. The van der Waals surface area contributed by atoms with Crippen molar-refractivity contribution >= 4 is 46.6 Å². The molecular formula is C36H40N4O8. The fourth-order valence-corrected chi connectivity index (χ4v) is 6.26. The fourth-order valence-electron chi connectivity index (χ4n) is 6.26. The number of Topliss-reactive ketones (excluding diaryl/α,β-unsaturated/α-hetero) is 1. The van der Waals surface area contributed by atoms with Gasteiger partial charge in [-0.1, -0.05) is 52.0 Å². The largest absolute Gasteiger partial charge is 0.511 e. The third kappa shape index (κ3) is 6.87. The molecule has 2 aromatic carbocycles. The van der Waals surface area contributed by atoms with E-state index in [-0.39, 0.29) is 74.1 Å². The number of rotatable bonds is 13. The third-order valence-electron chi connectivity index (χ3n) is 9.40. The van der Waals surface area contributed by atoms with E-state index in [1.807, 2.05) is 64.1 Å². The predicted octanol–water partition coefficient (Wildman–Crippen LogP) is 4.70. The first-order valence-electron chi connectivity index (χ1n) is 15.9. The number of carboxylic acid groups (broad SMARTS) is 2. The molecule has 252 valence electrons. The van der Waals surface area contributed by atoms with Gasteiger partial charge < -0.3 is 31.3 Å². The van der Waals surface area contributed by atoms with Crippen molar-refractivity contribution in [2.45, 2.75) is 83.7 Å². The normalized spacial score (nSPS) is 19.2. The van der Waals surface area contributed by atoms with E-state index in [9.17, 15) is 29.1 Å². The number of aliphatic hydroxyl groups excluding tert-OH is 1. The summed E-state index contributed by atoms with van der Waals surface area (Å²) < 4.78 is 0. The van der Waals surface area contributed by atoms with Crippen molar-refractivity contribution in [3.63, 3.8) is 0 Å². The Labute approximate surface area is 278 Å². The van der Waals surface area contributed by atoms with Gasteiger partial charge in [-0.25, -0.2) is 0 Å². The van der Waals surface area contributed by atoms with Crippen LogP contribution in [-0.4, -0.2) is 50.6 Å². The van der Waals surface area contributed by atoms with Crippen LogP contribution in [0.5, 0.6) is 0 Å². The Balaban J connectivity index is 1.24. The maximum absolute atomic E-state index is 13.4. The number of fused-ring (bicyclic) bond motifs is 2. The van der Waals surface area contributed by atoms with Gasteiger partial charge in [-0.05, 0) is 40.5 Å². The Kier molecular flexibility index (Phi) is 9.30. The van der Waals surface area contributed by atoms with Crippen LogP contribution in [0.15, 0.2) is 64.5 Å². The molecule has 48 heavy (non-hydrogen) atoms. The predicted molar refractivity (Wildman–Crippen MR) is 178 cm³/mol. The summed E-state index contributed by atoms with van der Waals surface area (Å²) in [5, 5.41) is 37.5. The van der Waals surface area contributed by atoms with E-state index in [0.29, 0.717) is 0 Å². The van der Waals surface area contributed by atoms with Gasteiger partial charge >= 0.3 is 11.9 Å². The summed E-state index contributed by atoms with van der Waals surface area (Å²) in [6.45, 7) is 8.54. The van der Waals surface area contributed by atoms with Crippen LogP contribution in [0.3, 0.4) is 0 Å². The van der Waals surface area contributed by atoms with Gasteiger partial charge in [-0.15, -0.1) is 0 Å². The minimum atomic E-state index is -1.03. The zero-order chi connectivity index (χ0) is 35.0. The van der Waals surface area contributed by atoms with Crippen molar-refractivity contribution in [3.05, 3.63) is 81.8 Å². The zero-order valence-electron chi connectivity index (χ0n) is 27.4. The van der Waals surface area contributed by atoms with E-state index in [0.717, 1.165) is 45.0 Å². The summed E-state index contributed by atoms with van der Waals surface area (Å²) in [6, 6.07) is 11.4. The highest BCUT2D eigenvalue weighted by Crippen LogP contribution is 2.47. The minimum absolute atomic E-state index is 0.0186. The van der Waals surface area contributed by atoms with Crippen LogP contribution in [-0.2, 0) is 47.9 Å². The van der Waals surface area contributed by atoms with Crippen molar-refractivity contribution < 1.29 is 39.3 Å². The van der Waals surface area contributed by atoms with Gasteiger partial charge in [-0.2, -0.15) is 0 Å². The van der Waals surface area contributed by atoms with Crippen LogP contribution in [0.1, 0.15) is 82.1 Å². The Morgan fingerprint density at radius 1 is 0.833 bits per heavy atom. The number of benzene rings is 2. The number of carboxylic acids is 2. The van der Waals surface area contributed by atoms with Crippen LogP contribution in [0.2, 0.25) is 0 Å². The molecule has 0 saturated carbocycles. The molecule has 2 amide bonds. The number of carbonyl (C=O) groups excluding carboxylic acids is 3. The average Bonchev–Trinajstić information content (AvgIpc) is 3.44. The topological polar surface area (TPSA) is 194 Å². The fraction of sp³-hybridized carbons (Fsp3) is 0.389. The Morgan fingerprint density at radius 3 is 1.96 bits per heavy atom. The number of aliphatic carboxylic acids is 2. The van der Waals surface area contributed by atoms with Crippen molar-refractivity contribution in [3.8, 4) is 0 Å². The second-order valence-electron chi connectivity index (χ2n) is 13.5. The monoisotopic (exact) mass is 656 g/mol. The minimum Gasteiger partial charge on any atom is -0.511 e. The molecule has 0 saturated heterocycles. The van der Waals surface area contributed by atoms with E-state index >= 15 is 0 Å². The van der Waals surface area contributed by atoms with Crippen LogP contribution >= 0.6 is 0 Å². The van der Waals surface area contributed by atoms with Gasteiger partial charge in [0.15, 0.2) is 5.78 Å². The number of ketones is 1. The van der Waals surface area contributed by atoms with Crippen molar-refractivity contribution in [1.82, 2.24) is 10.6 Å². The van der Waals surface area contributed by atoms with Gasteiger partial charge in [0.1, 0.15) is 5.76 Å². The van der Waals surface area contributed by atoms with Crippen LogP contribution < -0.4 is 16.0 Å². The van der Waals surface area contributed by atoms with Crippen molar-refractivity contribution in [2.75, 3.05) is 5.32 Å². The van der Waals surface area contributed by atoms with Crippen molar-refractivity contribution in [2.24, 2.45) is 10.9 Å². The summed E-state index contributed by atoms with van der Waals surface area (Å²) in [5.74, 6) is -3.59. The molecule has 1 unspecified atom stereocenters. The first-order valence-corrected chi connectivity index (χ1v) is 15.9. The van der Waals surface area contributed by atoms with E-state index in [2.05, 4.69) is 16.0 Å². The SMILES string of the molecule is CC1(C)C(CC2C(=O)C(/C=C3\Nc4ccc(CNC(=O)CCC(=O)O)cc4C3(C)C)=C2O)=Nc2ccc(CNC(=O)CCC(=O)O)cc21. The highest BCUT2D eigenvalue weighted by atomic mass is 16.4. The van der Waals surface area contributed by atoms with Crippen LogP contribution in [0.25, 0.3) is 0 Å². The zero-order valence-corrected chi connectivity index (χ0v) is 27.4. The molecule has 0 aromatic heterocycles. The number of allylic oxidation sites excluding steroid dienone is 4. The first-order chi connectivity index (χ1) is 22.6. The summed E-state index contributed by atoms with van der Waals surface area (Å²) in [6.07, 6.45) is 1.32. The maximum Gasteiger partial charge on any atom is 0.303 e. The number of aliphatic hydroxyl groups is 1. The lowest BCUT2D eigenvalue weighted by Gasteiger charge is -2.31. The van der Waals surface area contributed by atoms with E-state index in [1.165, 1.54) is 0 Å². The molecule has 5 rings (SSSR count). The molecule has 6 N–H and O–H groups in total. The summed E-state index contributed by atoms with van der Waals surface area (Å²) in [4.78, 5) is 63.7. The Morgan fingerprint density at radius 2 is 1.40 bits per heavy atom. The van der Waals surface area contributed by atoms with Gasteiger partial charge in [0.2, 0.25) is 11.8 Å². The quantitative estimate of drug-likeness (QED) is 0.177. The molecule has 0 spiro atoms. The number of anilines is 1. The standard InChI is InChI=1S/C36H40N4O8/c1-35(2)23-13-19(17-37-29(41)9-11-31(43)44)5-7-25(23)39-27(35)15-21-33(47)22(34(21)48)16-28-36(3,4)24-14-20(6-8-26(24)40-28)18-38-30(42)10-12-32(45)46/h5-8,13-15,22,39,47H,9-12,16-18H2,1-4H3,(H,37,41)(H,38,42)(H,43,44)(H,45,46)/b27-15-. The highest BCUT2D eigenvalue weighted by Gasteiger charge is 2.45. The first kappa shape index (κ1) is 34.1. The molecular weight excluding hydrogens is 616 g/mol. The molecule has 12 nitrogen and oxygen atoms in total. The average molecular weight is 657 g/mol. The number of amides is 2. The molecule has 2 aromatic rings. The Hall–Kier alpha value is -5.26. The smallest absolute Gasteiger partial charge is 0.303 e. The highest BCUT2D eigenvalue weighted by molar-refractivity contribution is 6.12. The number of nitrogens with one attached hydrogen (secondary N) is 3. The summed E-state index contributed by atoms with van der Waals surface area (Å²) in [5.41, 5.74) is 5.97. The Bertz CT molecular complexity index is 1820. The molecule has 0 bridgehead atoms.